The molecule has 17 heavy (non-hydrogen) atoms. The van der Waals surface area contributed by atoms with E-state index in [1.807, 2.05) is 4.68 Å². The number of aromatic amines is 1. The summed E-state index contributed by atoms with van der Waals surface area (Å²) in [5.41, 5.74) is 0. The molecule has 92 valence electrons. The average Bonchev–Trinajstić information content (AvgIpc) is 2.96. The van der Waals surface area contributed by atoms with Crippen LogP contribution in [0.25, 0.3) is 0 Å². The second-order valence-electron chi connectivity index (χ2n) is 3.80. The molecule has 7 nitrogen and oxygen atoms in total. The first-order valence-electron chi connectivity index (χ1n) is 5.86. The van der Waals surface area contributed by atoms with Gasteiger partial charge in [-0.05, 0) is 12.8 Å². The lowest BCUT2D eigenvalue weighted by molar-refractivity contribution is 0.582. The number of nitrogens with one attached hydrogen (secondary N) is 2. The molecule has 0 amide bonds. The third kappa shape index (κ3) is 3.27. The van der Waals surface area contributed by atoms with Crippen molar-refractivity contribution in [2.24, 2.45) is 0 Å². The molecule has 0 fully saturated rings. The van der Waals surface area contributed by atoms with Crippen LogP contribution in [-0.4, -0.2) is 36.7 Å². The highest BCUT2D eigenvalue weighted by Gasteiger charge is 2.01. The standard InChI is InChI=1S/C10H17N7/c1-2-6-17-10(7-13-16-17)11-5-3-4-9-12-8-14-15-9/h7-8,11H,2-6H2,1H3,(H,12,14,15). The summed E-state index contributed by atoms with van der Waals surface area (Å²) in [6, 6.07) is 0. The Hall–Kier alpha value is -1.92. The quantitative estimate of drug-likeness (QED) is 0.695. The lowest BCUT2D eigenvalue weighted by Crippen LogP contribution is -2.10. The van der Waals surface area contributed by atoms with E-state index in [1.54, 1.807) is 6.20 Å². The molecule has 0 aliphatic carbocycles. The van der Waals surface area contributed by atoms with Crippen LogP contribution in [0.1, 0.15) is 25.6 Å². The molecule has 0 aliphatic rings. The maximum Gasteiger partial charge on any atom is 0.144 e. The van der Waals surface area contributed by atoms with Crippen LogP contribution < -0.4 is 5.32 Å². The van der Waals surface area contributed by atoms with Gasteiger partial charge in [0.15, 0.2) is 0 Å². The summed E-state index contributed by atoms with van der Waals surface area (Å²) in [5, 5.41) is 17.9. The van der Waals surface area contributed by atoms with Crippen molar-refractivity contribution in [3.63, 3.8) is 0 Å². The summed E-state index contributed by atoms with van der Waals surface area (Å²) < 4.78 is 1.88. The zero-order chi connectivity index (χ0) is 11.9. The lowest BCUT2D eigenvalue weighted by atomic mass is 10.3. The van der Waals surface area contributed by atoms with Gasteiger partial charge in [-0.1, -0.05) is 12.1 Å². The predicted octanol–water partition coefficient (Wildman–Crippen LogP) is 0.851. The first-order valence-corrected chi connectivity index (χ1v) is 5.86. The second-order valence-corrected chi connectivity index (χ2v) is 3.80. The first-order chi connectivity index (χ1) is 8.40. The van der Waals surface area contributed by atoms with E-state index in [4.69, 9.17) is 0 Å². The number of aryl methyl sites for hydroxylation is 2. The Morgan fingerprint density at radius 3 is 3.18 bits per heavy atom. The van der Waals surface area contributed by atoms with Crippen LogP contribution in [0.3, 0.4) is 0 Å². The summed E-state index contributed by atoms with van der Waals surface area (Å²) in [5.74, 6) is 1.90. The van der Waals surface area contributed by atoms with Crippen LogP contribution in [0.2, 0.25) is 0 Å². The molecule has 0 bridgehead atoms. The van der Waals surface area contributed by atoms with Crippen molar-refractivity contribution >= 4 is 5.82 Å². The van der Waals surface area contributed by atoms with Gasteiger partial charge in [0.05, 0.1) is 6.20 Å². The zero-order valence-electron chi connectivity index (χ0n) is 9.93. The van der Waals surface area contributed by atoms with Crippen molar-refractivity contribution < 1.29 is 0 Å². The molecule has 2 rings (SSSR count). The molecule has 7 heteroatoms. The van der Waals surface area contributed by atoms with E-state index in [1.165, 1.54) is 6.33 Å². The molecule has 2 aromatic rings. The molecule has 0 aliphatic heterocycles. The molecule has 0 saturated heterocycles. The van der Waals surface area contributed by atoms with Gasteiger partial charge in [-0.2, -0.15) is 5.10 Å². The minimum absolute atomic E-state index is 0.873. The van der Waals surface area contributed by atoms with Gasteiger partial charge in [0, 0.05) is 19.5 Å². The van der Waals surface area contributed by atoms with E-state index in [9.17, 15) is 0 Å². The fourth-order valence-corrected chi connectivity index (χ4v) is 1.60. The van der Waals surface area contributed by atoms with Gasteiger partial charge >= 0.3 is 0 Å². The number of aromatic nitrogens is 6. The number of hydrogen-bond acceptors (Lipinski definition) is 5. The number of anilines is 1. The minimum atomic E-state index is 0.873. The van der Waals surface area contributed by atoms with Crippen LogP contribution in [0.5, 0.6) is 0 Å². The molecule has 0 aromatic carbocycles. The number of H-pyrrole nitrogens is 1. The Kier molecular flexibility index (Phi) is 4.06. The third-order valence-corrected chi connectivity index (χ3v) is 2.41. The summed E-state index contributed by atoms with van der Waals surface area (Å²) in [6.07, 6.45) is 6.22. The lowest BCUT2D eigenvalue weighted by Gasteiger charge is -2.06. The van der Waals surface area contributed by atoms with E-state index in [2.05, 4.69) is 37.7 Å². The Balaban J connectivity index is 1.72. The van der Waals surface area contributed by atoms with Crippen molar-refractivity contribution in [2.75, 3.05) is 11.9 Å². The molecule has 0 unspecified atom stereocenters. The summed E-state index contributed by atoms with van der Waals surface area (Å²) in [6.45, 7) is 3.89. The summed E-state index contributed by atoms with van der Waals surface area (Å²) >= 11 is 0. The Morgan fingerprint density at radius 2 is 2.41 bits per heavy atom. The molecule has 2 heterocycles. The highest BCUT2D eigenvalue weighted by Crippen LogP contribution is 2.05. The molecular formula is C10H17N7. The molecule has 0 atom stereocenters. The van der Waals surface area contributed by atoms with E-state index in [0.29, 0.717) is 0 Å². The van der Waals surface area contributed by atoms with Crippen molar-refractivity contribution in [1.82, 2.24) is 30.2 Å². The monoisotopic (exact) mass is 235 g/mol. The predicted molar refractivity (Wildman–Crippen MR) is 63.5 cm³/mol. The van der Waals surface area contributed by atoms with Gasteiger partial charge in [-0.3, -0.25) is 5.10 Å². The van der Waals surface area contributed by atoms with Gasteiger partial charge in [0.2, 0.25) is 0 Å². The Bertz CT molecular complexity index is 420. The first kappa shape index (κ1) is 11.6. The molecule has 0 spiro atoms. The van der Waals surface area contributed by atoms with E-state index >= 15 is 0 Å². The third-order valence-electron chi connectivity index (χ3n) is 2.41. The maximum absolute atomic E-state index is 4.07. The average molecular weight is 235 g/mol. The number of rotatable bonds is 7. The van der Waals surface area contributed by atoms with Gasteiger partial charge < -0.3 is 5.32 Å². The smallest absolute Gasteiger partial charge is 0.144 e. The van der Waals surface area contributed by atoms with Crippen molar-refractivity contribution in [3.05, 3.63) is 18.3 Å². The second kappa shape index (κ2) is 5.97. The van der Waals surface area contributed by atoms with Crippen LogP contribution in [0, 0.1) is 0 Å². The highest BCUT2D eigenvalue weighted by molar-refractivity contribution is 5.30. The van der Waals surface area contributed by atoms with Crippen molar-refractivity contribution in [3.8, 4) is 0 Å². The van der Waals surface area contributed by atoms with Gasteiger partial charge in [0.25, 0.3) is 0 Å². The van der Waals surface area contributed by atoms with Crippen LogP contribution in [0.4, 0.5) is 5.82 Å². The molecule has 0 saturated carbocycles. The van der Waals surface area contributed by atoms with Crippen LogP contribution in [-0.2, 0) is 13.0 Å². The Labute approximate surface area is 99.6 Å². The fraction of sp³-hybridized carbons (Fsp3) is 0.600. The summed E-state index contributed by atoms with van der Waals surface area (Å²) in [7, 11) is 0. The topological polar surface area (TPSA) is 84.3 Å². The van der Waals surface area contributed by atoms with E-state index in [-0.39, 0.29) is 0 Å². The van der Waals surface area contributed by atoms with Gasteiger partial charge in [-0.25, -0.2) is 9.67 Å². The van der Waals surface area contributed by atoms with Gasteiger partial charge in [-0.15, -0.1) is 5.10 Å². The van der Waals surface area contributed by atoms with Crippen LogP contribution in [0.15, 0.2) is 12.5 Å². The van der Waals surface area contributed by atoms with Crippen LogP contribution >= 0.6 is 0 Å². The highest BCUT2D eigenvalue weighted by atomic mass is 15.4. The minimum Gasteiger partial charge on any atom is -0.369 e. The SMILES string of the molecule is CCCn1nncc1NCCCc1ncn[nH]1. The molecule has 2 aromatic heterocycles. The fourth-order valence-electron chi connectivity index (χ4n) is 1.60. The zero-order valence-corrected chi connectivity index (χ0v) is 9.93. The van der Waals surface area contributed by atoms with E-state index < -0.39 is 0 Å². The van der Waals surface area contributed by atoms with Gasteiger partial charge in [0.1, 0.15) is 18.0 Å². The molecule has 0 radical (unpaired) electrons. The molecular weight excluding hydrogens is 218 g/mol. The Morgan fingerprint density at radius 1 is 1.47 bits per heavy atom. The summed E-state index contributed by atoms with van der Waals surface area (Å²) in [4.78, 5) is 4.07. The normalized spacial score (nSPS) is 10.6. The van der Waals surface area contributed by atoms with Crippen molar-refractivity contribution in [1.29, 1.82) is 0 Å². The molecule has 2 N–H and O–H groups in total. The number of hydrogen-bond donors (Lipinski definition) is 2. The number of nitrogens with zero attached hydrogens (tertiary/aromatic N) is 5. The largest absolute Gasteiger partial charge is 0.369 e. The van der Waals surface area contributed by atoms with Crippen molar-refractivity contribution in [2.45, 2.75) is 32.7 Å². The van der Waals surface area contributed by atoms with E-state index in [0.717, 1.165) is 44.0 Å². The maximum atomic E-state index is 4.07.